The molecule has 0 bridgehead atoms. The summed E-state index contributed by atoms with van der Waals surface area (Å²) in [6.07, 6.45) is 11.0. The van der Waals surface area contributed by atoms with Crippen LogP contribution in [0.25, 0.3) is 0 Å². The molecule has 0 aromatic carbocycles. The molecule has 0 amide bonds. The first-order valence-electron chi connectivity index (χ1n) is 10.6. The lowest BCUT2D eigenvalue weighted by Gasteiger charge is -2.57. The van der Waals surface area contributed by atoms with Crippen molar-refractivity contribution in [3.05, 3.63) is 11.1 Å². The summed E-state index contributed by atoms with van der Waals surface area (Å²) in [7, 11) is 0. The number of hydrogen-bond donors (Lipinski definition) is 0. The van der Waals surface area contributed by atoms with Gasteiger partial charge in [-0.15, -0.1) is 0 Å². The molecule has 4 aliphatic rings. The van der Waals surface area contributed by atoms with Crippen molar-refractivity contribution in [3.8, 4) is 0 Å². The van der Waals surface area contributed by atoms with Crippen LogP contribution in [-0.4, -0.2) is 18.5 Å². The number of rotatable bonds is 1. The zero-order chi connectivity index (χ0) is 18.1. The minimum absolute atomic E-state index is 0.250. The van der Waals surface area contributed by atoms with Gasteiger partial charge in [0.25, 0.3) is 0 Å². The van der Waals surface area contributed by atoms with Gasteiger partial charge in [-0.3, -0.25) is 0 Å². The quantitative estimate of drug-likeness (QED) is 0.522. The van der Waals surface area contributed by atoms with E-state index >= 15 is 0 Å². The lowest BCUT2D eigenvalue weighted by atomic mass is 9.48. The fourth-order valence-corrected chi connectivity index (χ4v) is 7.02. The summed E-state index contributed by atoms with van der Waals surface area (Å²) in [6, 6.07) is 0. The summed E-state index contributed by atoms with van der Waals surface area (Å²) >= 11 is 0. The Morgan fingerprint density at radius 3 is 2.36 bits per heavy atom. The molecule has 0 spiro atoms. The predicted octanol–water partition coefficient (Wildman–Crippen LogP) is 6.25. The molecular weight excluding hydrogens is 308 g/mol. The van der Waals surface area contributed by atoms with Gasteiger partial charge in [-0.05, 0) is 75.5 Å². The lowest BCUT2D eigenvalue weighted by Crippen LogP contribution is -2.48. The van der Waals surface area contributed by atoms with Gasteiger partial charge in [-0.25, -0.2) is 0 Å². The van der Waals surface area contributed by atoms with E-state index < -0.39 is 5.79 Å². The molecule has 0 radical (unpaired) electrons. The summed E-state index contributed by atoms with van der Waals surface area (Å²) < 4.78 is 12.2. The first-order chi connectivity index (χ1) is 11.6. The molecule has 1 saturated heterocycles. The molecule has 2 heteroatoms. The van der Waals surface area contributed by atoms with Crippen LogP contribution in [0.2, 0.25) is 0 Å². The smallest absolute Gasteiger partial charge is 0.163 e. The first kappa shape index (κ1) is 18.0. The molecule has 3 aliphatic carbocycles. The number of hydrogen-bond acceptors (Lipinski definition) is 2. The van der Waals surface area contributed by atoms with Crippen LogP contribution in [-0.2, 0) is 9.47 Å². The predicted molar refractivity (Wildman–Crippen MR) is 102 cm³/mol. The van der Waals surface area contributed by atoms with Crippen molar-refractivity contribution in [1.29, 1.82) is 0 Å². The number of fused-ring (bicyclic) bond motifs is 2. The van der Waals surface area contributed by atoms with Gasteiger partial charge < -0.3 is 9.47 Å². The molecule has 25 heavy (non-hydrogen) atoms. The van der Waals surface area contributed by atoms with Crippen LogP contribution < -0.4 is 0 Å². The second kappa shape index (κ2) is 5.58. The van der Waals surface area contributed by atoms with Crippen LogP contribution >= 0.6 is 0 Å². The van der Waals surface area contributed by atoms with E-state index in [0.29, 0.717) is 10.8 Å². The minimum atomic E-state index is -0.403. The van der Waals surface area contributed by atoms with E-state index in [1.807, 2.05) is 5.57 Å². The van der Waals surface area contributed by atoms with Crippen LogP contribution in [0.5, 0.6) is 0 Å². The molecule has 1 aliphatic heterocycles. The highest BCUT2D eigenvalue weighted by atomic mass is 16.7. The van der Waals surface area contributed by atoms with E-state index in [1.165, 1.54) is 51.4 Å². The Morgan fingerprint density at radius 2 is 1.68 bits per heavy atom. The molecule has 1 saturated carbocycles. The molecule has 0 N–H and O–H groups in total. The van der Waals surface area contributed by atoms with Crippen molar-refractivity contribution in [3.63, 3.8) is 0 Å². The third-order valence-electron chi connectivity index (χ3n) is 8.43. The van der Waals surface area contributed by atoms with Crippen molar-refractivity contribution in [2.75, 3.05) is 6.61 Å². The molecule has 4 rings (SSSR count). The van der Waals surface area contributed by atoms with E-state index in [-0.39, 0.29) is 11.5 Å². The maximum atomic E-state index is 6.29. The third-order valence-corrected chi connectivity index (χ3v) is 8.43. The molecule has 142 valence electrons. The van der Waals surface area contributed by atoms with E-state index in [9.17, 15) is 0 Å². The second-order valence-electron chi connectivity index (χ2n) is 11.1. The maximum absolute atomic E-state index is 6.29. The van der Waals surface area contributed by atoms with E-state index in [1.54, 1.807) is 5.57 Å². The zero-order valence-electron chi connectivity index (χ0n) is 17.3. The molecule has 4 unspecified atom stereocenters. The van der Waals surface area contributed by atoms with Crippen molar-refractivity contribution in [2.45, 2.75) is 105 Å². The fourth-order valence-electron chi connectivity index (χ4n) is 7.02. The maximum Gasteiger partial charge on any atom is 0.163 e. The highest BCUT2D eigenvalue weighted by molar-refractivity contribution is 5.32. The summed E-state index contributed by atoms with van der Waals surface area (Å²) in [5, 5.41) is 0. The summed E-state index contributed by atoms with van der Waals surface area (Å²) in [5.41, 5.74) is 4.87. The average molecular weight is 347 g/mol. The summed E-state index contributed by atoms with van der Waals surface area (Å²) in [5.74, 6) is 0.473. The summed E-state index contributed by atoms with van der Waals surface area (Å²) in [4.78, 5) is 0. The van der Waals surface area contributed by atoms with Crippen molar-refractivity contribution >= 4 is 0 Å². The van der Waals surface area contributed by atoms with Crippen LogP contribution in [0.15, 0.2) is 11.1 Å². The molecular formula is C23H38O2. The van der Waals surface area contributed by atoms with Gasteiger partial charge >= 0.3 is 0 Å². The SMILES string of the molecule is CC1(C)OCC(C2(C)CCC3=C(CCC4C(C)(C)CCCC34C)C2)O1. The fraction of sp³-hybridized carbons (Fsp3) is 0.913. The van der Waals surface area contributed by atoms with E-state index in [0.717, 1.165) is 12.5 Å². The normalized spacial score (nSPS) is 45.8. The molecule has 1 heterocycles. The van der Waals surface area contributed by atoms with Crippen molar-refractivity contribution < 1.29 is 9.47 Å². The summed E-state index contributed by atoms with van der Waals surface area (Å²) in [6.45, 7) is 15.0. The monoisotopic (exact) mass is 346 g/mol. The van der Waals surface area contributed by atoms with Crippen molar-refractivity contribution in [1.82, 2.24) is 0 Å². The number of ether oxygens (including phenoxy) is 2. The van der Waals surface area contributed by atoms with Gasteiger partial charge in [0.2, 0.25) is 0 Å². The van der Waals surface area contributed by atoms with Crippen LogP contribution in [0.3, 0.4) is 0 Å². The standard InChI is InChI=1S/C23H38O2/c1-20(2)11-7-12-23(6)17-10-13-22(5,14-16(17)8-9-18(20)23)19-15-24-21(3,4)25-19/h18-19H,7-15H2,1-6H3. The van der Waals surface area contributed by atoms with Crippen LogP contribution in [0, 0.1) is 22.2 Å². The van der Waals surface area contributed by atoms with Crippen molar-refractivity contribution in [2.24, 2.45) is 22.2 Å². The topological polar surface area (TPSA) is 18.5 Å². The molecule has 4 atom stereocenters. The van der Waals surface area contributed by atoms with Gasteiger partial charge in [0.05, 0.1) is 12.7 Å². The Hall–Kier alpha value is -0.340. The number of allylic oxidation sites excluding steroid dienone is 2. The Balaban J connectivity index is 1.61. The lowest BCUT2D eigenvalue weighted by molar-refractivity contribution is -0.154. The minimum Gasteiger partial charge on any atom is -0.348 e. The average Bonchev–Trinajstić information content (AvgIpc) is 2.87. The second-order valence-corrected chi connectivity index (χ2v) is 11.1. The van der Waals surface area contributed by atoms with Gasteiger partial charge in [0.1, 0.15) is 0 Å². The van der Waals surface area contributed by atoms with Gasteiger partial charge in [0, 0.05) is 5.41 Å². The Kier molecular flexibility index (Phi) is 4.03. The Bertz CT molecular complexity index is 587. The highest BCUT2D eigenvalue weighted by Gasteiger charge is 2.54. The zero-order valence-corrected chi connectivity index (χ0v) is 17.3. The van der Waals surface area contributed by atoms with E-state index in [2.05, 4.69) is 41.5 Å². The third kappa shape index (κ3) is 2.83. The Morgan fingerprint density at radius 1 is 0.920 bits per heavy atom. The van der Waals surface area contributed by atoms with Gasteiger partial charge in [0.15, 0.2) is 5.79 Å². The molecule has 2 nitrogen and oxygen atoms in total. The van der Waals surface area contributed by atoms with Gasteiger partial charge in [-0.1, -0.05) is 45.3 Å². The largest absolute Gasteiger partial charge is 0.348 e. The van der Waals surface area contributed by atoms with E-state index in [4.69, 9.17) is 9.47 Å². The Labute approximate surface area is 154 Å². The van der Waals surface area contributed by atoms with Crippen LogP contribution in [0.4, 0.5) is 0 Å². The molecule has 0 aromatic heterocycles. The molecule has 0 aromatic rings. The highest BCUT2D eigenvalue weighted by Crippen LogP contribution is 2.63. The van der Waals surface area contributed by atoms with Gasteiger partial charge in [-0.2, -0.15) is 0 Å². The van der Waals surface area contributed by atoms with Crippen LogP contribution in [0.1, 0.15) is 92.9 Å². The first-order valence-corrected chi connectivity index (χ1v) is 10.6. The molecule has 2 fully saturated rings.